The Bertz CT molecular complexity index is 674. The van der Waals surface area contributed by atoms with Crippen molar-refractivity contribution in [1.82, 2.24) is 15.5 Å². The van der Waals surface area contributed by atoms with Gasteiger partial charge in [-0.3, -0.25) is 9.79 Å². The molecule has 1 amide bonds. The molecule has 2 rings (SSSR count). The number of nitrogens with one attached hydrogen (secondary N) is 2. The number of rotatable bonds is 6. The number of benzene rings is 1. The first kappa shape index (κ1) is 20.9. The quantitative estimate of drug-likeness (QED) is 0.301. The Kier molecular flexibility index (Phi) is 8.96. The van der Waals surface area contributed by atoms with E-state index < -0.39 is 0 Å². The molecule has 0 saturated heterocycles. The molecule has 1 aromatic heterocycles. The first-order chi connectivity index (χ1) is 11.6. The summed E-state index contributed by atoms with van der Waals surface area (Å²) in [5.41, 5.74) is 0.980. The zero-order chi connectivity index (χ0) is 17.4. The molecule has 0 bridgehead atoms. The third-order valence-electron chi connectivity index (χ3n) is 3.35. The highest BCUT2D eigenvalue weighted by atomic mass is 127. The van der Waals surface area contributed by atoms with Crippen molar-refractivity contribution in [3.63, 3.8) is 0 Å². The van der Waals surface area contributed by atoms with Crippen LogP contribution in [0, 0.1) is 5.82 Å². The van der Waals surface area contributed by atoms with Crippen LogP contribution in [0.4, 0.5) is 4.39 Å². The molecule has 0 saturated carbocycles. The summed E-state index contributed by atoms with van der Waals surface area (Å²) in [6.07, 6.45) is 1.46. The number of carbonyl (C=O) groups excluding carboxylic acids is 1. The van der Waals surface area contributed by atoms with E-state index in [0.717, 1.165) is 5.56 Å². The van der Waals surface area contributed by atoms with E-state index in [4.69, 9.17) is 4.42 Å². The van der Waals surface area contributed by atoms with Gasteiger partial charge >= 0.3 is 0 Å². The molecule has 2 aromatic rings. The number of guanidine groups is 1. The Morgan fingerprint density at radius 3 is 2.48 bits per heavy atom. The molecule has 0 aliphatic carbocycles. The van der Waals surface area contributed by atoms with Crippen molar-refractivity contribution in [1.29, 1.82) is 0 Å². The third-order valence-corrected chi connectivity index (χ3v) is 3.35. The maximum atomic E-state index is 12.9. The zero-order valence-corrected chi connectivity index (χ0v) is 16.5. The molecular formula is C17H22FIN4O2. The maximum absolute atomic E-state index is 12.9. The van der Waals surface area contributed by atoms with Gasteiger partial charge in [0.25, 0.3) is 5.91 Å². The van der Waals surface area contributed by atoms with E-state index in [2.05, 4.69) is 15.6 Å². The number of hydrogen-bond donors (Lipinski definition) is 2. The topological polar surface area (TPSA) is 69.9 Å². The van der Waals surface area contributed by atoms with Crippen LogP contribution in [-0.4, -0.2) is 44.0 Å². The third kappa shape index (κ3) is 6.73. The molecule has 6 nitrogen and oxygen atoms in total. The molecular weight excluding hydrogens is 438 g/mol. The summed E-state index contributed by atoms with van der Waals surface area (Å²) >= 11 is 0. The smallest absolute Gasteiger partial charge is 0.287 e. The minimum Gasteiger partial charge on any atom is -0.459 e. The summed E-state index contributed by atoms with van der Waals surface area (Å²) in [5.74, 6) is 0.465. The largest absolute Gasteiger partial charge is 0.459 e. The minimum absolute atomic E-state index is 0. The predicted octanol–water partition coefficient (Wildman–Crippen LogP) is 2.47. The van der Waals surface area contributed by atoms with Crippen molar-refractivity contribution < 1.29 is 13.6 Å². The zero-order valence-electron chi connectivity index (χ0n) is 14.2. The molecule has 1 aromatic carbocycles. The first-order valence-electron chi connectivity index (χ1n) is 7.58. The number of hydrogen-bond acceptors (Lipinski definition) is 3. The molecule has 0 radical (unpaired) electrons. The van der Waals surface area contributed by atoms with Gasteiger partial charge in [-0.05, 0) is 29.8 Å². The fraction of sp³-hybridized carbons (Fsp3) is 0.294. The molecule has 2 N–H and O–H groups in total. The van der Waals surface area contributed by atoms with Crippen molar-refractivity contribution in [3.05, 3.63) is 59.8 Å². The van der Waals surface area contributed by atoms with Crippen LogP contribution in [0.2, 0.25) is 0 Å². The van der Waals surface area contributed by atoms with Crippen LogP contribution in [0.15, 0.2) is 52.1 Å². The van der Waals surface area contributed by atoms with Crippen molar-refractivity contribution >= 4 is 35.8 Å². The number of nitrogens with zero attached hydrogens (tertiary/aromatic N) is 2. The van der Waals surface area contributed by atoms with Crippen molar-refractivity contribution in [2.75, 3.05) is 27.2 Å². The molecule has 0 spiro atoms. The molecule has 1 heterocycles. The van der Waals surface area contributed by atoms with Crippen LogP contribution >= 0.6 is 24.0 Å². The van der Waals surface area contributed by atoms with Gasteiger partial charge in [0.15, 0.2) is 11.7 Å². The van der Waals surface area contributed by atoms with E-state index in [0.29, 0.717) is 25.6 Å². The van der Waals surface area contributed by atoms with Gasteiger partial charge in [-0.15, -0.1) is 24.0 Å². The molecule has 8 heteroatoms. The Hall–Kier alpha value is -2.10. The Labute approximate surface area is 163 Å². The number of halogens is 2. The number of carbonyl (C=O) groups is 1. The van der Waals surface area contributed by atoms with Gasteiger partial charge in [-0.1, -0.05) is 12.1 Å². The average molecular weight is 460 g/mol. The Morgan fingerprint density at radius 2 is 1.88 bits per heavy atom. The summed E-state index contributed by atoms with van der Waals surface area (Å²) < 4.78 is 17.9. The van der Waals surface area contributed by atoms with Crippen LogP contribution in [0.5, 0.6) is 0 Å². The fourth-order valence-corrected chi connectivity index (χ4v) is 2.17. The van der Waals surface area contributed by atoms with Crippen molar-refractivity contribution in [3.8, 4) is 0 Å². The van der Waals surface area contributed by atoms with Crippen LogP contribution in [-0.2, 0) is 6.54 Å². The lowest BCUT2D eigenvalue weighted by Crippen LogP contribution is -2.42. The minimum atomic E-state index is -0.254. The van der Waals surface area contributed by atoms with Crippen molar-refractivity contribution in [2.24, 2.45) is 4.99 Å². The second-order valence-electron chi connectivity index (χ2n) is 5.19. The van der Waals surface area contributed by atoms with Gasteiger partial charge < -0.3 is 20.0 Å². The molecule has 0 aliphatic heterocycles. The molecule has 0 atom stereocenters. The molecule has 0 aliphatic rings. The lowest BCUT2D eigenvalue weighted by molar-refractivity contribution is 0.0926. The van der Waals surface area contributed by atoms with Crippen LogP contribution in [0.3, 0.4) is 0 Å². The van der Waals surface area contributed by atoms with Gasteiger partial charge in [0.1, 0.15) is 5.82 Å². The maximum Gasteiger partial charge on any atom is 0.287 e. The van der Waals surface area contributed by atoms with E-state index >= 15 is 0 Å². The lowest BCUT2D eigenvalue weighted by atomic mass is 10.2. The lowest BCUT2D eigenvalue weighted by Gasteiger charge is -2.22. The SMILES string of the molecule is CN=C(NCCNC(=O)c1ccco1)N(C)Cc1ccc(F)cc1.I. The first-order valence-corrected chi connectivity index (χ1v) is 7.58. The Morgan fingerprint density at radius 1 is 1.20 bits per heavy atom. The summed E-state index contributed by atoms with van der Waals surface area (Å²) in [7, 11) is 3.57. The summed E-state index contributed by atoms with van der Waals surface area (Å²) in [4.78, 5) is 17.8. The second kappa shape index (κ2) is 10.7. The monoisotopic (exact) mass is 460 g/mol. The molecule has 136 valence electrons. The fourth-order valence-electron chi connectivity index (χ4n) is 2.17. The summed E-state index contributed by atoms with van der Waals surface area (Å²) in [6.45, 7) is 1.55. The van der Waals surface area contributed by atoms with Gasteiger partial charge in [-0.25, -0.2) is 4.39 Å². The van der Waals surface area contributed by atoms with E-state index in [1.165, 1.54) is 18.4 Å². The highest BCUT2D eigenvalue weighted by Gasteiger charge is 2.09. The number of furan rings is 1. The number of amides is 1. The van der Waals surface area contributed by atoms with E-state index in [-0.39, 0.29) is 41.5 Å². The van der Waals surface area contributed by atoms with Gasteiger partial charge in [0.05, 0.1) is 6.26 Å². The van der Waals surface area contributed by atoms with Gasteiger partial charge in [-0.2, -0.15) is 0 Å². The summed E-state index contributed by atoms with van der Waals surface area (Å²) in [6, 6.07) is 9.62. The van der Waals surface area contributed by atoms with Gasteiger partial charge in [0, 0.05) is 33.7 Å². The van der Waals surface area contributed by atoms with E-state index in [1.54, 1.807) is 31.3 Å². The highest BCUT2D eigenvalue weighted by Crippen LogP contribution is 2.05. The summed E-state index contributed by atoms with van der Waals surface area (Å²) in [5, 5.41) is 5.91. The molecule has 0 fully saturated rings. The Balaban J connectivity index is 0.00000312. The second-order valence-corrected chi connectivity index (χ2v) is 5.19. The van der Waals surface area contributed by atoms with E-state index in [9.17, 15) is 9.18 Å². The standard InChI is InChI=1S/C17H21FN4O2.HI/c1-19-17(22(2)12-13-5-7-14(18)8-6-13)21-10-9-20-16(23)15-4-3-11-24-15;/h3-8,11H,9-10,12H2,1-2H3,(H,19,21)(H,20,23);1H. The highest BCUT2D eigenvalue weighted by molar-refractivity contribution is 14.0. The average Bonchev–Trinajstić information content (AvgIpc) is 3.11. The number of aliphatic imine (C=N–C) groups is 1. The molecule has 0 unspecified atom stereocenters. The van der Waals surface area contributed by atoms with Gasteiger partial charge in [0.2, 0.25) is 0 Å². The van der Waals surface area contributed by atoms with Crippen LogP contribution in [0.25, 0.3) is 0 Å². The van der Waals surface area contributed by atoms with E-state index in [1.807, 2.05) is 11.9 Å². The van der Waals surface area contributed by atoms with Crippen molar-refractivity contribution in [2.45, 2.75) is 6.54 Å². The normalized spacial score (nSPS) is 10.8. The van der Waals surface area contributed by atoms with Crippen LogP contribution < -0.4 is 10.6 Å². The van der Waals surface area contributed by atoms with Crippen LogP contribution in [0.1, 0.15) is 16.1 Å². The molecule has 25 heavy (non-hydrogen) atoms. The predicted molar refractivity (Wildman–Crippen MR) is 106 cm³/mol.